The van der Waals surface area contributed by atoms with E-state index in [1.54, 1.807) is 24.7 Å². The van der Waals surface area contributed by atoms with Crippen LogP contribution in [0.15, 0.2) is 61.1 Å². The van der Waals surface area contributed by atoms with Gasteiger partial charge in [-0.3, -0.25) is 9.89 Å². The lowest BCUT2D eigenvalue weighted by molar-refractivity contribution is -0.131. The molecule has 0 radical (unpaired) electrons. The Bertz CT molecular complexity index is 1330. The van der Waals surface area contributed by atoms with Crippen LogP contribution in [0.5, 0.6) is 0 Å². The van der Waals surface area contributed by atoms with Crippen molar-refractivity contribution in [2.75, 3.05) is 13.1 Å². The van der Waals surface area contributed by atoms with Crippen molar-refractivity contribution in [2.45, 2.75) is 25.8 Å². The molecule has 7 nitrogen and oxygen atoms in total. The Morgan fingerprint density at radius 3 is 2.71 bits per heavy atom. The minimum Gasteiger partial charge on any atom is -0.342 e. The van der Waals surface area contributed by atoms with Crippen LogP contribution in [-0.2, 0) is 11.3 Å². The molecule has 2 aromatic carbocycles. The molecule has 2 aliphatic rings. The maximum atomic E-state index is 15.3. The molecular weight excluding hydrogens is 431 g/mol. The van der Waals surface area contributed by atoms with Crippen LogP contribution in [0.25, 0.3) is 33.8 Å². The average molecular weight is 457 g/mol. The molecule has 2 aromatic heterocycles. The summed E-state index contributed by atoms with van der Waals surface area (Å²) >= 11 is 0. The van der Waals surface area contributed by atoms with Gasteiger partial charge in [-0.1, -0.05) is 24.3 Å². The highest BCUT2D eigenvalue weighted by Crippen LogP contribution is 2.34. The van der Waals surface area contributed by atoms with Gasteiger partial charge in [0.1, 0.15) is 12.1 Å². The van der Waals surface area contributed by atoms with Crippen molar-refractivity contribution in [2.24, 2.45) is 11.8 Å². The Morgan fingerprint density at radius 2 is 1.91 bits per heavy atom. The molecule has 2 fully saturated rings. The van der Waals surface area contributed by atoms with E-state index in [4.69, 9.17) is 0 Å². The highest BCUT2D eigenvalue weighted by Gasteiger charge is 2.36. The van der Waals surface area contributed by atoms with Gasteiger partial charge in [0, 0.05) is 37.3 Å². The number of H-pyrrole nitrogens is 1. The predicted octanol–water partition coefficient (Wildman–Crippen LogP) is 4.40. The first kappa shape index (κ1) is 20.8. The molecule has 1 N–H and O–H groups in total. The van der Waals surface area contributed by atoms with Crippen molar-refractivity contribution in [3.8, 4) is 33.8 Å². The van der Waals surface area contributed by atoms with Gasteiger partial charge in [0.05, 0.1) is 11.3 Å². The van der Waals surface area contributed by atoms with E-state index in [0.717, 1.165) is 54.7 Å². The lowest BCUT2D eigenvalue weighted by Crippen LogP contribution is -2.30. The number of amides is 1. The molecule has 34 heavy (non-hydrogen) atoms. The third kappa shape index (κ3) is 4.00. The van der Waals surface area contributed by atoms with Crippen molar-refractivity contribution >= 4 is 5.91 Å². The molecule has 8 heteroatoms. The van der Waals surface area contributed by atoms with E-state index in [-0.39, 0.29) is 11.7 Å². The Kier molecular flexibility index (Phi) is 5.20. The van der Waals surface area contributed by atoms with Crippen LogP contribution in [0.4, 0.5) is 4.39 Å². The minimum absolute atomic E-state index is 0.247. The normalized spacial score (nSPS) is 17.9. The van der Waals surface area contributed by atoms with Gasteiger partial charge < -0.3 is 9.47 Å². The van der Waals surface area contributed by atoms with E-state index in [1.165, 1.54) is 0 Å². The van der Waals surface area contributed by atoms with Crippen molar-refractivity contribution < 1.29 is 9.18 Å². The van der Waals surface area contributed by atoms with E-state index in [9.17, 15) is 4.79 Å². The highest BCUT2D eigenvalue weighted by atomic mass is 19.1. The number of carbonyl (C=O) groups is 1. The van der Waals surface area contributed by atoms with E-state index >= 15 is 4.39 Å². The SMILES string of the molecule is O=C(C1CC1)N1CC[C@H](Cn2cnnc2-c2ccc(-c3cccc(-c4ccn[nH]4)c3)cc2F)C1. The molecule has 172 valence electrons. The molecule has 1 aliphatic carbocycles. The standard InChI is InChI=1S/C26H25FN6O/c27-23-13-20(19-2-1-3-21(12-19)24-8-10-28-30-24)6-7-22(23)25-31-29-16-33(25)15-17-9-11-32(14-17)26(34)18-4-5-18/h1-3,6-8,10,12-13,16-18H,4-5,9,11,14-15H2,(H,28,30)/t17-/m0/s1. The molecule has 1 amide bonds. The highest BCUT2D eigenvalue weighted by molar-refractivity contribution is 5.81. The molecule has 1 atom stereocenters. The van der Waals surface area contributed by atoms with Crippen LogP contribution in [0.2, 0.25) is 0 Å². The Hall–Kier alpha value is -3.81. The summed E-state index contributed by atoms with van der Waals surface area (Å²) in [5, 5.41) is 15.2. The summed E-state index contributed by atoms with van der Waals surface area (Å²) in [6, 6.07) is 15.1. The number of rotatable bonds is 6. The molecule has 0 bridgehead atoms. The van der Waals surface area contributed by atoms with Crippen LogP contribution >= 0.6 is 0 Å². The van der Waals surface area contributed by atoms with Crippen molar-refractivity contribution in [1.82, 2.24) is 29.9 Å². The van der Waals surface area contributed by atoms with Gasteiger partial charge in [0.2, 0.25) is 5.91 Å². The van der Waals surface area contributed by atoms with Gasteiger partial charge in [0.25, 0.3) is 0 Å². The molecule has 1 saturated heterocycles. The van der Waals surface area contributed by atoms with Crippen LogP contribution < -0.4 is 0 Å². The number of halogens is 1. The number of nitrogens with one attached hydrogen (secondary N) is 1. The second-order valence-corrected chi connectivity index (χ2v) is 9.27. The first-order valence-electron chi connectivity index (χ1n) is 11.7. The fourth-order valence-electron chi connectivity index (χ4n) is 4.80. The lowest BCUT2D eigenvalue weighted by atomic mass is 10.00. The Balaban J connectivity index is 1.21. The Labute approximate surface area is 196 Å². The molecule has 3 heterocycles. The van der Waals surface area contributed by atoms with Crippen LogP contribution in [-0.4, -0.2) is 48.9 Å². The first-order chi connectivity index (χ1) is 16.7. The summed E-state index contributed by atoms with van der Waals surface area (Å²) in [5.74, 6) is 1.05. The number of carbonyl (C=O) groups excluding carboxylic acids is 1. The largest absolute Gasteiger partial charge is 0.342 e. The van der Waals surface area contributed by atoms with Crippen LogP contribution in [0, 0.1) is 17.7 Å². The zero-order chi connectivity index (χ0) is 23.1. The van der Waals surface area contributed by atoms with Gasteiger partial charge in [-0.15, -0.1) is 10.2 Å². The Morgan fingerprint density at radius 1 is 1.06 bits per heavy atom. The fourth-order valence-corrected chi connectivity index (χ4v) is 4.80. The van der Waals surface area contributed by atoms with Crippen molar-refractivity contribution in [3.05, 3.63) is 66.9 Å². The number of nitrogens with zero attached hydrogens (tertiary/aromatic N) is 5. The smallest absolute Gasteiger partial charge is 0.225 e. The fraction of sp³-hybridized carbons (Fsp3) is 0.308. The van der Waals surface area contributed by atoms with Gasteiger partial charge in [0.15, 0.2) is 5.82 Å². The molecule has 6 rings (SSSR count). The third-order valence-corrected chi connectivity index (χ3v) is 6.81. The second kappa shape index (κ2) is 8.52. The maximum absolute atomic E-state index is 15.3. The van der Waals surface area contributed by atoms with Crippen molar-refractivity contribution in [1.29, 1.82) is 0 Å². The number of benzene rings is 2. The van der Waals surface area contributed by atoms with Crippen LogP contribution in [0.1, 0.15) is 19.3 Å². The summed E-state index contributed by atoms with van der Waals surface area (Å²) in [4.78, 5) is 14.4. The number of aromatic amines is 1. The second-order valence-electron chi connectivity index (χ2n) is 9.27. The monoisotopic (exact) mass is 456 g/mol. The predicted molar refractivity (Wildman–Crippen MR) is 126 cm³/mol. The third-order valence-electron chi connectivity index (χ3n) is 6.81. The molecule has 1 aliphatic heterocycles. The number of hydrogen-bond acceptors (Lipinski definition) is 4. The van der Waals surface area contributed by atoms with E-state index in [1.807, 2.05) is 45.9 Å². The average Bonchev–Trinajstić information content (AvgIpc) is 3.22. The molecule has 1 saturated carbocycles. The summed E-state index contributed by atoms with van der Waals surface area (Å²) < 4.78 is 17.2. The van der Waals surface area contributed by atoms with Gasteiger partial charge in [-0.25, -0.2) is 4.39 Å². The minimum atomic E-state index is -0.337. The summed E-state index contributed by atoms with van der Waals surface area (Å²) in [6.45, 7) is 2.23. The first-order valence-corrected chi connectivity index (χ1v) is 11.7. The lowest BCUT2D eigenvalue weighted by Gasteiger charge is -2.17. The number of likely N-dealkylation sites (tertiary alicyclic amines) is 1. The molecule has 4 aromatic rings. The molecule has 0 unspecified atom stereocenters. The zero-order valence-corrected chi connectivity index (χ0v) is 18.7. The van der Waals surface area contributed by atoms with Crippen molar-refractivity contribution in [3.63, 3.8) is 0 Å². The topological polar surface area (TPSA) is 79.7 Å². The van der Waals surface area contributed by atoms with E-state index < -0.39 is 0 Å². The number of hydrogen-bond donors (Lipinski definition) is 1. The quantitative estimate of drug-likeness (QED) is 0.466. The summed E-state index contributed by atoms with van der Waals surface area (Å²) in [5.41, 5.74) is 4.04. The molecular formula is C26H25FN6O. The van der Waals surface area contributed by atoms with Gasteiger partial charge in [-0.05, 0) is 60.6 Å². The van der Waals surface area contributed by atoms with Crippen LogP contribution in [0.3, 0.4) is 0 Å². The van der Waals surface area contributed by atoms with Gasteiger partial charge in [-0.2, -0.15) is 5.10 Å². The summed E-state index contributed by atoms with van der Waals surface area (Å²) in [7, 11) is 0. The molecule has 0 spiro atoms. The van der Waals surface area contributed by atoms with Gasteiger partial charge >= 0.3 is 0 Å². The van der Waals surface area contributed by atoms with E-state index in [2.05, 4.69) is 20.4 Å². The zero-order valence-electron chi connectivity index (χ0n) is 18.7. The summed E-state index contributed by atoms with van der Waals surface area (Å²) in [6.07, 6.45) is 6.36. The maximum Gasteiger partial charge on any atom is 0.225 e. The number of aromatic nitrogens is 5. The van der Waals surface area contributed by atoms with E-state index in [0.29, 0.717) is 29.8 Å².